The Morgan fingerprint density at radius 1 is 0.411 bits per heavy atom. The van der Waals surface area contributed by atoms with Gasteiger partial charge < -0.3 is 9.64 Å². The molecule has 9 aromatic carbocycles. The molecule has 0 saturated carbocycles. The Hall–Kier alpha value is -6.94. The normalized spacial score (nSPS) is 13.3. The molecule has 2 aliphatic rings. The van der Waals surface area contributed by atoms with Crippen LogP contribution in [0.4, 0.5) is 17.1 Å². The van der Waals surface area contributed by atoms with Crippen LogP contribution in [-0.2, 0) is 5.41 Å². The topological polar surface area (TPSA) is 12.5 Å². The molecule has 0 N–H and O–H groups in total. The summed E-state index contributed by atoms with van der Waals surface area (Å²) in [7, 11) is 0. The number of anilines is 3. The van der Waals surface area contributed by atoms with E-state index < -0.39 is 5.41 Å². The number of rotatable bonds is 4. The summed E-state index contributed by atoms with van der Waals surface area (Å²) in [6, 6.07) is 73.3. The molecule has 262 valence electrons. The van der Waals surface area contributed by atoms with Crippen LogP contribution in [0.2, 0.25) is 0 Å². The summed E-state index contributed by atoms with van der Waals surface area (Å²) >= 11 is 1.86. The van der Waals surface area contributed by atoms with E-state index in [0.717, 1.165) is 39.7 Å². The quantitative estimate of drug-likeness (QED) is 0.179. The van der Waals surface area contributed by atoms with Crippen LogP contribution in [0.3, 0.4) is 0 Å². The highest BCUT2D eigenvalue weighted by molar-refractivity contribution is 7.25. The third-order valence-corrected chi connectivity index (χ3v) is 13.1. The first-order valence-electron chi connectivity index (χ1n) is 19.2. The molecule has 1 aliphatic carbocycles. The van der Waals surface area contributed by atoms with Crippen molar-refractivity contribution in [2.45, 2.75) is 5.41 Å². The van der Waals surface area contributed by atoms with Gasteiger partial charge in [-0.15, -0.1) is 11.3 Å². The minimum absolute atomic E-state index is 0.603. The summed E-state index contributed by atoms with van der Waals surface area (Å²) in [5, 5.41) is 5.06. The molecule has 1 aliphatic heterocycles. The minimum atomic E-state index is -0.603. The molecule has 3 heteroatoms. The van der Waals surface area contributed by atoms with Crippen molar-refractivity contribution in [2.24, 2.45) is 0 Å². The fourth-order valence-corrected chi connectivity index (χ4v) is 10.7. The lowest BCUT2D eigenvalue weighted by molar-refractivity contribution is 0.436. The van der Waals surface area contributed by atoms with E-state index in [1.165, 1.54) is 64.3 Å². The molecule has 2 heterocycles. The van der Waals surface area contributed by atoms with E-state index in [0.29, 0.717) is 0 Å². The largest absolute Gasteiger partial charge is 0.457 e. The van der Waals surface area contributed by atoms with E-state index in [1.807, 2.05) is 11.3 Å². The SMILES string of the molecule is c1ccc(-c2ccccc2N(c2ccc3c(c2)C2(c4ccccc4Oc4ccccc42)c2ccc4ccccc4c2-3)c2ccc3sc4ccccc4c3c2)cc1. The number of para-hydroxylation sites is 3. The van der Waals surface area contributed by atoms with Crippen molar-refractivity contribution in [1.29, 1.82) is 0 Å². The van der Waals surface area contributed by atoms with E-state index in [4.69, 9.17) is 4.74 Å². The molecule has 1 aromatic heterocycles. The smallest absolute Gasteiger partial charge is 0.132 e. The van der Waals surface area contributed by atoms with Crippen molar-refractivity contribution in [3.05, 3.63) is 222 Å². The summed E-state index contributed by atoms with van der Waals surface area (Å²) in [5.74, 6) is 1.79. The van der Waals surface area contributed by atoms with Gasteiger partial charge in [-0.1, -0.05) is 146 Å². The molecule has 0 bridgehead atoms. The van der Waals surface area contributed by atoms with Crippen LogP contribution in [-0.4, -0.2) is 0 Å². The van der Waals surface area contributed by atoms with Crippen molar-refractivity contribution in [1.82, 2.24) is 0 Å². The van der Waals surface area contributed by atoms with Gasteiger partial charge in [-0.25, -0.2) is 0 Å². The van der Waals surface area contributed by atoms with Crippen molar-refractivity contribution in [3.8, 4) is 33.8 Å². The van der Waals surface area contributed by atoms with Crippen molar-refractivity contribution in [2.75, 3.05) is 4.90 Å². The number of ether oxygens (including phenoxy) is 1. The van der Waals surface area contributed by atoms with E-state index in [2.05, 4.69) is 205 Å². The van der Waals surface area contributed by atoms with Crippen LogP contribution in [0.15, 0.2) is 200 Å². The minimum Gasteiger partial charge on any atom is -0.457 e. The van der Waals surface area contributed by atoms with E-state index in [1.54, 1.807) is 0 Å². The van der Waals surface area contributed by atoms with Gasteiger partial charge in [0.15, 0.2) is 0 Å². The molecule has 56 heavy (non-hydrogen) atoms. The molecule has 2 nitrogen and oxygen atoms in total. The van der Waals surface area contributed by atoms with Crippen molar-refractivity contribution < 1.29 is 4.74 Å². The van der Waals surface area contributed by atoms with Gasteiger partial charge in [0.2, 0.25) is 0 Å². The Morgan fingerprint density at radius 2 is 1.05 bits per heavy atom. The molecular weight excluding hydrogens is 699 g/mol. The van der Waals surface area contributed by atoms with E-state index >= 15 is 0 Å². The summed E-state index contributed by atoms with van der Waals surface area (Å²) in [4.78, 5) is 2.47. The Bertz CT molecular complexity index is 3150. The summed E-state index contributed by atoms with van der Waals surface area (Å²) in [6.07, 6.45) is 0. The van der Waals surface area contributed by atoms with E-state index in [-0.39, 0.29) is 0 Å². The molecule has 12 rings (SSSR count). The van der Waals surface area contributed by atoms with Gasteiger partial charge in [-0.3, -0.25) is 0 Å². The molecule has 0 fully saturated rings. The number of thiophene rings is 1. The second-order valence-corrected chi connectivity index (χ2v) is 15.9. The zero-order valence-electron chi connectivity index (χ0n) is 30.3. The molecule has 0 atom stereocenters. The highest BCUT2D eigenvalue weighted by Gasteiger charge is 2.51. The first-order chi connectivity index (χ1) is 27.8. The zero-order valence-corrected chi connectivity index (χ0v) is 31.1. The standard InChI is InChI=1S/C53H33NOS/c1-2-14-34(15-3-1)38-17-6-10-22-47(38)54(36-28-31-51-42(32-36)40-19-7-13-25-50(40)56-51)37-27-29-41-46(33-37)53(45-30-26-35-16-4-5-18-39(35)52(41)45)43-20-8-11-23-48(43)55-49-24-12-9-21-44(49)53/h1-33H. The maximum absolute atomic E-state index is 6.72. The Labute approximate surface area is 329 Å². The Balaban J connectivity index is 1.19. The summed E-state index contributed by atoms with van der Waals surface area (Å²) < 4.78 is 9.31. The van der Waals surface area contributed by atoms with Gasteiger partial charge in [-0.2, -0.15) is 0 Å². The summed E-state index contributed by atoms with van der Waals surface area (Å²) in [6.45, 7) is 0. The molecular formula is C53H33NOS. The monoisotopic (exact) mass is 731 g/mol. The average molecular weight is 732 g/mol. The number of benzene rings is 9. The van der Waals surface area contributed by atoms with Gasteiger partial charge in [0, 0.05) is 48.2 Å². The molecule has 0 unspecified atom stereocenters. The van der Waals surface area contributed by atoms with E-state index in [9.17, 15) is 0 Å². The molecule has 0 radical (unpaired) electrons. The van der Waals surface area contributed by atoms with Crippen molar-refractivity contribution >= 4 is 59.3 Å². The molecule has 10 aromatic rings. The van der Waals surface area contributed by atoms with Gasteiger partial charge in [-0.05, 0) is 93.2 Å². The van der Waals surface area contributed by atoms with Gasteiger partial charge in [0.25, 0.3) is 0 Å². The Morgan fingerprint density at radius 3 is 1.89 bits per heavy atom. The molecule has 0 amide bonds. The van der Waals surface area contributed by atoms with Gasteiger partial charge in [0.1, 0.15) is 11.5 Å². The van der Waals surface area contributed by atoms with Gasteiger partial charge >= 0.3 is 0 Å². The third-order valence-electron chi connectivity index (χ3n) is 11.9. The maximum atomic E-state index is 6.72. The lowest BCUT2D eigenvalue weighted by Gasteiger charge is -2.39. The number of hydrogen-bond acceptors (Lipinski definition) is 3. The number of fused-ring (bicyclic) bond motifs is 14. The molecule has 0 saturated heterocycles. The maximum Gasteiger partial charge on any atom is 0.132 e. The fraction of sp³-hybridized carbons (Fsp3) is 0.0189. The third kappa shape index (κ3) is 4.38. The highest BCUT2D eigenvalue weighted by atomic mass is 32.1. The van der Waals surface area contributed by atoms with Crippen LogP contribution in [0.1, 0.15) is 22.3 Å². The van der Waals surface area contributed by atoms with Crippen molar-refractivity contribution in [3.63, 3.8) is 0 Å². The van der Waals surface area contributed by atoms with Crippen LogP contribution in [0.5, 0.6) is 11.5 Å². The fourth-order valence-electron chi connectivity index (χ4n) is 9.60. The highest BCUT2D eigenvalue weighted by Crippen LogP contribution is 2.64. The second kappa shape index (κ2) is 12.0. The van der Waals surface area contributed by atoms with Crippen LogP contribution < -0.4 is 9.64 Å². The zero-order chi connectivity index (χ0) is 36.8. The summed E-state index contributed by atoms with van der Waals surface area (Å²) in [5.41, 5.74) is 12.5. The predicted octanol–water partition coefficient (Wildman–Crippen LogP) is 14.8. The first kappa shape index (κ1) is 31.4. The Kier molecular flexibility index (Phi) is 6.75. The molecule has 1 spiro atoms. The van der Waals surface area contributed by atoms with Gasteiger partial charge in [0.05, 0.1) is 11.1 Å². The first-order valence-corrected chi connectivity index (χ1v) is 20.0. The van der Waals surface area contributed by atoms with Crippen LogP contribution in [0.25, 0.3) is 53.2 Å². The number of nitrogens with zero attached hydrogens (tertiary/aromatic N) is 1. The second-order valence-electron chi connectivity index (χ2n) is 14.8. The van der Waals surface area contributed by atoms with Crippen LogP contribution >= 0.6 is 11.3 Å². The lowest BCUT2D eigenvalue weighted by Crippen LogP contribution is -2.32. The average Bonchev–Trinajstić information content (AvgIpc) is 3.78. The van der Waals surface area contributed by atoms with Crippen LogP contribution in [0, 0.1) is 0 Å². The lowest BCUT2D eigenvalue weighted by atomic mass is 9.66. The predicted molar refractivity (Wildman–Crippen MR) is 234 cm³/mol. The number of hydrogen-bond donors (Lipinski definition) is 0.